The van der Waals surface area contributed by atoms with E-state index in [1.165, 1.54) is 5.01 Å². The van der Waals surface area contributed by atoms with Crippen molar-refractivity contribution in [1.82, 2.24) is 10.4 Å². The van der Waals surface area contributed by atoms with E-state index in [0.717, 1.165) is 0 Å². The molecule has 0 aliphatic carbocycles. The van der Waals surface area contributed by atoms with Gasteiger partial charge in [0.2, 0.25) is 0 Å². The molecule has 1 heterocycles. The van der Waals surface area contributed by atoms with Gasteiger partial charge in [0.1, 0.15) is 6.61 Å². The van der Waals surface area contributed by atoms with E-state index in [1.54, 1.807) is 6.92 Å². The van der Waals surface area contributed by atoms with Crippen molar-refractivity contribution in [2.24, 2.45) is 5.41 Å². The van der Waals surface area contributed by atoms with E-state index in [4.69, 9.17) is 9.47 Å². The molecule has 0 spiro atoms. The van der Waals surface area contributed by atoms with Gasteiger partial charge in [-0.3, -0.25) is 0 Å². The fourth-order valence-electron chi connectivity index (χ4n) is 1.44. The first kappa shape index (κ1) is 12.6. The average Bonchev–Trinajstić information content (AvgIpc) is 2.47. The predicted octanol–water partition coefficient (Wildman–Crippen LogP) is 1.51. The van der Waals surface area contributed by atoms with Crippen molar-refractivity contribution >= 4 is 12.2 Å². The summed E-state index contributed by atoms with van der Waals surface area (Å²) in [6, 6.07) is -0.190. The van der Waals surface area contributed by atoms with Crippen LogP contribution in [-0.2, 0) is 9.47 Å². The SMILES string of the molecule is CCOC(=O)NN1C(=O)OC[C@@H]1C(C)(C)C. The average molecular weight is 230 g/mol. The minimum Gasteiger partial charge on any atom is -0.449 e. The Kier molecular flexibility index (Phi) is 3.62. The highest BCUT2D eigenvalue weighted by Gasteiger charge is 2.41. The third-order valence-electron chi connectivity index (χ3n) is 2.36. The van der Waals surface area contributed by atoms with Crippen molar-refractivity contribution < 1.29 is 19.1 Å². The second-order valence-corrected chi connectivity index (χ2v) is 4.66. The molecule has 1 saturated heterocycles. The van der Waals surface area contributed by atoms with Gasteiger partial charge in [0.05, 0.1) is 12.6 Å². The lowest BCUT2D eigenvalue weighted by Crippen LogP contribution is -2.52. The molecule has 1 rings (SSSR count). The Morgan fingerprint density at radius 3 is 2.75 bits per heavy atom. The Balaban J connectivity index is 2.67. The van der Waals surface area contributed by atoms with Crippen LogP contribution >= 0.6 is 0 Å². The maximum atomic E-state index is 11.4. The highest BCUT2D eigenvalue weighted by Crippen LogP contribution is 2.27. The lowest BCUT2D eigenvalue weighted by Gasteiger charge is -2.31. The molecule has 0 unspecified atom stereocenters. The second-order valence-electron chi connectivity index (χ2n) is 4.66. The van der Waals surface area contributed by atoms with Crippen LogP contribution in [-0.4, -0.2) is 36.5 Å². The van der Waals surface area contributed by atoms with Gasteiger partial charge in [0.25, 0.3) is 0 Å². The van der Waals surface area contributed by atoms with E-state index < -0.39 is 12.2 Å². The summed E-state index contributed by atoms with van der Waals surface area (Å²) in [6.45, 7) is 8.14. The van der Waals surface area contributed by atoms with Gasteiger partial charge in [-0.2, -0.15) is 0 Å². The first-order valence-electron chi connectivity index (χ1n) is 5.25. The molecule has 6 heteroatoms. The standard InChI is InChI=1S/C10H18N2O4/c1-5-15-8(13)11-12-7(10(2,3)4)6-16-9(12)14/h7H,5-6H2,1-4H3,(H,11,13)/t7-/m1/s1. The Morgan fingerprint density at radius 2 is 2.25 bits per heavy atom. The number of ether oxygens (including phenoxy) is 2. The Morgan fingerprint density at radius 1 is 1.62 bits per heavy atom. The molecule has 0 saturated carbocycles. The van der Waals surface area contributed by atoms with Crippen molar-refractivity contribution in [2.75, 3.05) is 13.2 Å². The van der Waals surface area contributed by atoms with Crippen molar-refractivity contribution in [3.63, 3.8) is 0 Å². The summed E-state index contributed by atoms with van der Waals surface area (Å²) in [5, 5.41) is 1.19. The second kappa shape index (κ2) is 4.59. The van der Waals surface area contributed by atoms with Gasteiger partial charge in [-0.15, -0.1) is 0 Å². The topological polar surface area (TPSA) is 67.9 Å². The van der Waals surface area contributed by atoms with E-state index in [0.29, 0.717) is 0 Å². The van der Waals surface area contributed by atoms with Crippen LogP contribution in [0.3, 0.4) is 0 Å². The van der Waals surface area contributed by atoms with Crippen LogP contribution in [0.2, 0.25) is 0 Å². The molecule has 0 bridgehead atoms. The molecule has 0 aromatic heterocycles. The van der Waals surface area contributed by atoms with Crippen molar-refractivity contribution in [2.45, 2.75) is 33.7 Å². The number of nitrogens with one attached hydrogen (secondary N) is 1. The van der Waals surface area contributed by atoms with Crippen molar-refractivity contribution in [3.05, 3.63) is 0 Å². The molecule has 1 N–H and O–H groups in total. The highest BCUT2D eigenvalue weighted by atomic mass is 16.6. The van der Waals surface area contributed by atoms with Crippen LogP contribution in [0.15, 0.2) is 0 Å². The lowest BCUT2D eigenvalue weighted by atomic mass is 9.87. The number of amides is 2. The summed E-state index contributed by atoms with van der Waals surface area (Å²) in [6.07, 6.45) is -1.19. The summed E-state index contributed by atoms with van der Waals surface area (Å²) in [4.78, 5) is 22.6. The molecule has 92 valence electrons. The van der Waals surface area contributed by atoms with Gasteiger partial charge < -0.3 is 9.47 Å². The molecule has 2 amide bonds. The number of hydrogen-bond acceptors (Lipinski definition) is 4. The molecule has 1 aliphatic rings. The van der Waals surface area contributed by atoms with E-state index in [1.807, 2.05) is 20.8 Å². The normalized spacial score (nSPS) is 20.6. The van der Waals surface area contributed by atoms with Crippen LogP contribution in [0, 0.1) is 5.41 Å². The van der Waals surface area contributed by atoms with E-state index in [9.17, 15) is 9.59 Å². The van der Waals surface area contributed by atoms with Crippen LogP contribution in [0.25, 0.3) is 0 Å². The minimum atomic E-state index is -0.643. The smallest absolute Gasteiger partial charge is 0.429 e. The first-order valence-corrected chi connectivity index (χ1v) is 5.25. The summed E-state index contributed by atoms with van der Waals surface area (Å²) in [7, 11) is 0. The third kappa shape index (κ3) is 2.77. The molecule has 1 aliphatic heterocycles. The maximum absolute atomic E-state index is 11.4. The van der Waals surface area contributed by atoms with Crippen molar-refractivity contribution in [3.8, 4) is 0 Å². The number of cyclic esters (lactones) is 1. The molecule has 0 radical (unpaired) electrons. The van der Waals surface area contributed by atoms with Gasteiger partial charge in [0, 0.05) is 0 Å². The predicted molar refractivity (Wildman–Crippen MR) is 56.6 cm³/mol. The van der Waals surface area contributed by atoms with Crippen LogP contribution in [0.5, 0.6) is 0 Å². The zero-order chi connectivity index (χ0) is 12.3. The van der Waals surface area contributed by atoms with Gasteiger partial charge in [-0.05, 0) is 12.3 Å². The summed E-state index contributed by atoms with van der Waals surface area (Å²) >= 11 is 0. The van der Waals surface area contributed by atoms with E-state index >= 15 is 0 Å². The summed E-state index contributed by atoms with van der Waals surface area (Å²) < 4.78 is 9.61. The Bertz CT molecular complexity index is 285. The van der Waals surface area contributed by atoms with Crippen LogP contribution < -0.4 is 5.43 Å². The molecular weight excluding hydrogens is 212 g/mol. The lowest BCUT2D eigenvalue weighted by molar-refractivity contribution is 0.0867. The molecule has 1 atom stereocenters. The number of rotatable bonds is 2. The van der Waals surface area contributed by atoms with E-state index in [-0.39, 0.29) is 24.7 Å². The Hall–Kier alpha value is -1.46. The molecule has 16 heavy (non-hydrogen) atoms. The number of carbonyl (C=O) groups is 2. The zero-order valence-corrected chi connectivity index (χ0v) is 10.1. The number of carbonyl (C=O) groups excluding carboxylic acids is 2. The molecule has 6 nitrogen and oxygen atoms in total. The maximum Gasteiger partial charge on any atom is 0.429 e. The molecule has 0 aromatic carbocycles. The molecule has 1 fully saturated rings. The summed E-state index contributed by atoms with van der Waals surface area (Å²) in [5.41, 5.74) is 2.21. The van der Waals surface area contributed by atoms with Gasteiger partial charge in [-0.1, -0.05) is 20.8 Å². The van der Waals surface area contributed by atoms with E-state index in [2.05, 4.69) is 5.43 Å². The summed E-state index contributed by atoms with van der Waals surface area (Å²) in [5.74, 6) is 0. The molecule has 0 aromatic rings. The van der Waals surface area contributed by atoms with Crippen molar-refractivity contribution in [1.29, 1.82) is 0 Å². The third-order valence-corrected chi connectivity index (χ3v) is 2.36. The molecular formula is C10H18N2O4. The Labute approximate surface area is 94.8 Å². The fourth-order valence-corrected chi connectivity index (χ4v) is 1.44. The first-order chi connectivity index (χ1) is 7.36. The van der Waals surface area contributed by atoms with Gasteiger partial charge in [-0.25, -0.2) is 20.0 Å². The quantitative estimate of drug-likeness (QED) is 0.780. The van der Waals surface area contributed by atoms with Gasteiger partial charge in [0.15, 0.2) is 0 Å². The largest absolute Gasteiger partial charge is 0.449 e. The van der Waals surface area contributed by atoms with Gasteiger partial charge >= 0.3 is 12.2 Å². The zero-order valence-electron chi connectivity index (χ0n) is 10.1. The minimum absolute atomic E-state index is 0.175. The van der Waals surface area contributed by atoms with Crippen LogP contribution in [0.1, 0.15) is 27.7 Å². The highest BCUT2D eigenvalue weighted by molar-refractivity contribution is 5.75. The number of hydrogen-bond donors (Lipinski definition) is 1. The monoisotopic (exact) mass is 230 g/mol. The van der Waals surface area contributed by atoms with Crippen LogP contribution in [0.4, 0.5) is 9.59 Å². The number of hydrazine groups is 1. The fraction of sp³-hybridized carbons (Fsp3) is 0.800. The number of nitrogens with zero attached hydrogens (tertiary/aromatic N) is 1.